The average molecular weight is 140 g/mol. The number of benzene rings is 1. The van der Waals surface area contributed by atoms with Crippen LogP contribution in [0.25, 0.3) is 0 Å². The maximum Gasteiger partial charge on any atom is 0.108 e. The van der Waals surface area contributed by atoms with Gasteiger partial charge in [-0.05, 0) is 29.4 Å². The Labute approximate surface area is 57.9 Å². The van der Waals surface area contributed by atoms with E-state index >= 15 is 0 Å². The van der Waals surface area contributed by atoms with Crippen molar-refractivity contribution in [2.75, 3.05) is 5.73 Å². The summed E-state index contributed by atoms with van der Waals surface area (Å²) in [6.07, 6.45) is 0. The summed E-state index contributed by atoms with van der Waals surface area (Å²) in [4.78, 5) is 9.83. The summed E-state index contributed by atoms with van der Waals surface area (Å²) in [6.45, 7) is 0. The molecule has 4 N–H and O–H groups in total. The number of hydrogen-bond acceptors (Lipinski definition) is 3. The molecule has 0 atom stereocenters. The Bertz CT molecular complexity index is 207. The third kappa shape index (κ3) is 1.83. The highest BCUT2D eigenvalue weighted by molar-refractivity contribution is 5.47. The molecular formula is C6H8N2O2. The molecule has 4 heteroatoms. The van der Waals surface area contributed by atoms with Gasteiger partial charge in [0.2, 0.25) is 0 Å². The molecule has 1 aromatic carbocycles. The zero-order valence-electron chi connectivity index (χ0n) is 5.24. The minimum atomic E-state index is 0. The van der Waals surface area contributed by atoms with Crippen LogP contribution in [0.1, 0.15) is 0 Å². The Balaban J connectivity index is 0.000000810. The van der Waals surface area contributed by atoms with E-state index in [0.717, 1.165) is 0 Å². The largest absolute Gasteiger partial charge is 0.412 e. The molecule has 0 aliphatic carbocycles. The first-order chi connectivity index (χ1) is 4.33. The molecule has 0 radical (unpaired) electrons. The highest BCUT2D eigenvalue weighted by Crippen LogP contribution is 2.12. The van der Waals surface area contributed by atoms with Gasteiger partial charge in [-0.1, -0.05) is 0 Å². The Morgan fingerprint density at radius 1 is 1.20 bits per heavy atom. The van der Waals surface area contributed by atoms with Gasteiger partial charge in [0.05, 0.1) is 0 Å². The molecule has 54 valence electrons. The molecule has 0 aromatic heterocycles. The maximum atomic E-state index is 9.83. The minimum absolute atomic E-state index is 0. The lowest BCUT2D eigenvalue weighted by Gasteiger charge is -1.88. The molecule has 0 heterocycles. The lowest BCUT2D eigenvalue weighted by molar-refractivity contribution is 0.824. The molecule has 0 saturated heterocycles. The third-order valence-corrected chi connectivity index (χ3v) is 0.998. The monoisotopic (exact) mass is 140 g/mol. The van der Waals surface area contributed by atoms with Gasteiger partial charge in [0.1, 0.15) is 5.69 Å². The molecule has 0 spiro atoms. The van der Waals surface area contributed by atoms with E-state index in [1.54, 1.807) is 24.3 Å². The maximum absolute atomic E-state index is 9.83. The highest BCUT2D eigenvalue weighted by atomic mass is 16.3. The Morgan fingerprint density at radius 3 is 2.10 bits per heavy atom. The van der Waals surface area contributed by atoms with Gasteiger partial charge in [-0.25, -0.2) is 0 Å². The molecule has 0 aliphatic rings. The number of anilines is 1. The van der Waals surface area contributed by atoms with Gasteiger partial charge in [-0.3, -0.25) is 0 Å². The zero-order chi connectivity index (χ0) is 6.69. The van der Waals surface area contributed by atoms with Crippen LogP contribution in [0.2, 0.25) is 0 Å². The summed E-state index contributed by atoms with van der Waals surface area (Å²) in [5, 5.41) is 2.71. The number of hydrogen-bond donors (Lipinski definition) is 1. The Hall–Kier alpha value is -1.42. The number of nitroso groups, excluding NO2 is 1. The van der Waals surface area contributed by atoms with Crippen molar-refractivity contribution in [3.05, 3.63) is 29.2 Å². The third-order valence-electron chi connectivity index (χ3n) is 0.998. The first-order valence-corrected chi connectivity index (χ1v) is 2.52. The molecule has 0 saturated carbocycles. The summed E-state index contributed by atoms with van der Waals surface area (Å²) in [5.41, 5.74) is 6.39. The smallest absolute Gasteiger partial charge is 0.108 e. The number of rotatable bonds is 1. The Morgan fingerprint density at radius 2 is 1.70 bits per heavy atom. The van der Waals surface area contributed by atoms with Gasteiger partial charge in [-0.15, -0.1) is 4.91 Å². The number of nitrogens with two attached hydrogens (primary N) is 1. The molecule has 4 nitrogen and oxygen atoms in total. The van der Waals surface area contributed by atoms with E-state index < -0.39 is 0 Å². The van der Waals surface area contributed by atoms with Crippen molar-refractivity contribution in [3.8, 4) is 0 Å². The van der Waals surface area contributed by atoms with Crippen LogP contribution in [-0.4, -0.2) is 5.48 Å². The van der Waals surface area contributed by atoms with Crippen LogP contribution in [0.4, 0.5) is 11.4 Å². The van der Waals surface area contributed by atoms with Gasteiger partial charge >= 0.3 is 0 Å². The summed E-state index contributed by atoms with van der Waals surface area (Å²) in [6, 6.07) is 6.41. The fraction of sp³-hybridized carbons (Fsp3) is 0. The average Bonchev–Trinajstić information content (AvgIpc) is 1.90. The van der Waals surface area contributed by atoms with Gasteiger partial charge < -0.3 is 11.2 Å². The normalized spacial score (nSPS) is 8.00. The molecule has 0 aliphatic heterocycles. The van der Waals surface area contributed by atoms with Crippen LogP contribution in [0, 0.1) is 4.91 Å². The van der Waals surface area contributed by atoms with Crippen LogP contribution < -0.4 is 5.73 Å². The predicted molar refractivity (Wildman–Crippen MR) is 39.9 cm³/mol. The van der Waals surface area contributed by atoms with Gasteiger partial charge in [0, 0.05) is 5.69 Å². The van der Waals surface area contributed by atoms with Crippen molar-refractivity contribution in [2.24, 2.45) is 5.18 Å². The van der Waals surface area contributed by atoms with E-state index in [0.29, 0.717) is 11.4 Å². The molecule has 0 amide bonds. The minimum Gasteiger partial charge on any atom is -0.412 e. The van der Waals surface area contributed by atoms with E-state index in [1.165, 1.54) is 0 Å². The highest BCUT2D eigenvalue weighted by Gasteiger charge is 1.86. The molecule has 0 fully saturated rings. The second-order valence-electron chi connectivity index (χ2n) is 1.68. The standard InChI is InChI=1S/C6H6N2O.H2O/c7-5-1-3-6(8-9)4-2-5;/h1-4H,7H2;1H2. The predicted octanol–water partition coefficient (Wildman–Crippen LogP) is 0.842. The van der Waals surface area contributed by atoms with Crippen LogP contribution in [0.5, 0.6) is 0 Å². The second-order valence-corrected chi connectivity index (χ2v) is 1.68. The first kappa shape index (κ1) is 8.58. The summed E-state index contributed by atoms with van der Waals surface area (Å²) in [5.74, 6) is 0. The fourth-order valence-electron chi connectivity index (χ4n) is 0.535. The SMILES string of the molecule is Nc1ccc(N=O)cc1.O. The van der Waals surface area contributed by atoms with Crippen molar-refractivity contribution in [1.29, 1.82) is 0 Å². The van der Waals surface area contributed by atoms with Crippen LogP contribution >= 0.6 is 0 Å². The topological polar surface area (TPSA) is 86.9 Å². The second kappa shape index (κ2) is 3.58. The van der Waals surface area contributed by atoms with Crippen molar-refractivity contribution < 1.29 is 5.48 Å². The summed E-state index contributed by atoms with van der Waals surface area (Å²) in [7, 11) is 0. The van der Waals surface area contributed by atoms with Crippen molar-refractivity contribution in [2.45, 2.75) is 0 Å². The van der Waals surface area contributed by atoms with Crippen LogP contribution in [0.3, 0.4) is 0 Å². The first-order valence-electron chi connectivity index (χ1n) is 2.52. The Kier molecular flexibility index (Phi) is 3.07. The summed E-state index contributed by atoms with van der Waals surface area (Å²) < 4.78 is 0. The van der Waals surface area contributed by atoms with Crippen LogP contribution in [0.15, 0.2) is 29.4 Å². The lowest BCUT2D eigenvalue weighted by Crippen LogP contribution is -1.80. The molecule has 10 heavy (non-hydrogen) atoms. The zero-order valence-corrected chi connectivity index (χ0v) is 5.24. The molecular weight excluding hydrogens is 132 g/mol. The van der Waals surface area contributed by atoms with Crippen LogP contribution in [-0.2, 0) is 0 Å². The van der Waals surface area contributed by atoms with E-state index in [2.05, 4.69) is 5.18 Å². The van der Waals surface area contributed by atoms with Gasteiger partial charge in [0.15, 0.2) is 0 Å². The van der Waals surface area contributed by atoms with E-state index in [9.17, 15) is 4.91 Å². The molecule has 1 rings (SSSR count). The van der Waals surface area contributed by atoms with Crippen molar-refractivity contribution >= 4 is 11.4 Å². The summed E-state index contributed by atoms with van der Waals surface area (Å²) >= 11 is 0. The lowest BCUT2D eigenvalue weighted by atomic mass is 10.3. The molecule has 0 unspecified atom stereocenters. The quantitative estimate of drug-likeness (QED) is 0.462. The molecule has 1 aromatic rings. The van der Waals surface area contributed by atoms with E-state index in [-0.39, 0.29) is 5.48 Å². The molecule has 0 bridgehead atoms. The van der Waals surface area contributed by atoms with E-state index in [4.69, 9.17) is 5.73 Å². The van der Waals surface area contributed by atoms with Crippen molar-refractivity contribution in [1.82, 2.24) is 0 Å². The van der Waals surface area contributed by atoms with Gasteiger partial charge in [0.25, 0.3) is 0 Å². The van der Waals surface area contributed by atoms with E-state index in [1.807, 2.05) is 0 Å². The van der Waals surface area contributed by atoms with Crippen molar-refractivity contribution in [3.63, 3.8) is 0 Å². The number of nitrogens with zero attached hydrogens (tertiary/aromatic N) is 1. The fourth-order valence-corrected chi connectivity index (χ4v) is 0.535. The number of nitrogen functional groups attached to an aromatic ring is 1. The van der Waals surface area contributed by atoms with Gasteiger partial charge in [-0.2, -0.15) is 0 Å².